The minimum Gasteiger partial charge on any atom is -0.538 e. The molecule has 0 aliphatic rings. The maximum atomic E-state index is 6.79. The molecular formula is C27H34N2OSSi. The van der Waals surface area contributed by atoms with Gasteiger partial charge in [0.1, 0.15) is 5.03 Å². The van der Waals surface area contributed by atoms with Gasteiger partial charge in [-0.1, -0.05) is 87.5 Å². The van der Waals surface area contributed by atoms with Gasteiger partial charge in [0.15, 0.2) is 5.09 Å². The normalized spacial score (nSPS) is 12.5. The van der Waals surface area contributed by atoms with Crippen LogP contribution in [-0.4, -0.2) is 18.2 Å². The van der Waals surface area contributed by atoms with Gasteiger partial charge in [-0.05, 0) is 53.2 Å². The third-order valence-electron chi connectivity index (χ3n) is 5.75. The van der Waals surface area contributed by atoms with E-state index in [1.807, 2.05) is 24.4 Å². The lowest BCUT2D eigenvalue weighted by molar-refractivity contribution is 0.336. The Kier molecular flexibility index (Phi) is 8.21. The highest BCUT2D eigenvalue weighted by Crippen LogP contribution is 2.41. The van der Waals surface area contributed by atoms with Crippen molar-refractivity contribution in [3.8, 4) is 0 Å². The van der Waals surface area contributed by atoms with Crippen LogP contribution in [0.25, 0.3) is 0 Å². The molecule has 1 heterocycles. The molecule has 0 aliphatic carbocycles. The predicted octanol–water partition coefficient (Wildman–Crippen LogP) is 7.70. The summed E-state index contributed by atoms with van der Waals surface area (Å²) in [4.78, 5) is 6.86. The fourth-order valence-corrected chi connectivity index (χ4v) is 5.24. The van der Waals surface area contributed by atoms with Crippen LogP contribution in [-0.2, 0) is 17.5 Å². The molecule has 0 unspecified atom stereocenters. The molecule has 0 bridgehead atoms. The number of rotatable bonds is 9. The van der Waals surface area contributed by atoms with Gasteiger partial charge in [-0.25, -0.2) is 4.98 Å². The topological polar surface area (TPSA) is 25.4 Å². The summed E-state index contributed by atoms with van der Waals surface area (Å²) >= 11 is 1.60. The van der Waals surface area contributed by atoms with Crippen LogP contribution >= 0.6 is 11.8 Å². The van der Waals surface area contributed by atoms with Gasteiger partial charge in [0.05, 0.1) is 0 Å². The molecule has 32 heavy (non-hydrogen) atoms. The van der Waals surface area contributed by atoms with E-state index in [0.29, 0.717) is 0 Å². The number of hydrogen-bond donors (Lipinski definition) is 0. The lowest BCUT2D eigenvalue weighted by atomic mass is 10.2. The maximum Gasteiger partial charge on any atom is 0.251 e. The molecule has 0 amide bonds. The van der Waals surface area contributed by atoms with Gasteiger partial charge in [-0.15, -0.1) is 0 Å². The molecule has 0 fully saturated rings. The Morgan fingerprint density at radius 2 is 1.41 bits per heavy atom. The summed E-state index contributed by atoms with van der Waals surface area (Å²) < 4.78 is 6.79. The van der Waals surface area contributed by atoms with E-state index < -0.39 is 8.32 Å². The summed E-state index contributed by atoms with van der Waals surface area (Å²) in [5.74, 6) is 0. The highest BCUT2D eigenvalue weighted by molar-refractivity contribution is 8.02. The predicted molar refractivity (Wildman–Crippen MR) is 139 cm³/mol. The third-order valence-corrected chi connectivity index (χ3v) is 11.1. The summed E-state index contributed by atoms with van der Waals surface area (Å²) in [5, 5.41) is 1.96. The zero-order chi connectivity index (χ0) is 23.0. The first-order valence-electron chi connectivity index (χ1n) is 11.0. The molecule has 2 aromatic carbocycles. The Bertz CT molecular complexity index is 945. The molecule has 0 atom stereocenters. The molecule has 168 valence electrons. The molecule has 0 saturated heterocycles. The second kappa shape index (κ2) is 10.9. The number of aromatic nitrogens is 1. The van der Waals surface area contributed by atoms with E-state index in [-0.39, 0.29) is 5.04 Å². The first-order chi connectivity index (χ1) is 15.2. The van der Waals surface area contributed by atoms with Crippen molar-refractivity contribution in [1.29, 1.82) is 0 Å². The highest BCUT2D eigenvalue weighted by atomic mass is 32.2. The lowest BCUT2D eigenvalue weighted by Crippen LogP contribution is -2.40. The molecule has 0 N–H and O–H groups in total. The van der Waals surface area contributed by atoms with Crippen molar-refractivity contribution in [2.75, 3.05) is 0 Å². The first-order valence-corrected chi connectivity index (χ1v) is 14.8. The van der Waals surface area contributed by atoms with Crippen LogP contribution in [0.5, 0.6) is 0 Å². The molecule has 3 nitrogen and oxygen atoms in total. The van der Waals surface area contributed by atoms with Crippen molar-refractivity contribution in [2.45, 2.75) is 57.0 Å². The van der Waals surface area contributed by atoms with E-state index in [4.69, 9.17) is 4.43 Å². The molecule has 5 heteroatoms. The minimum absolute atomic E-state index is 0.112. The Labute approximate surface area is 198 Å². The molecule has 0 radical (unpaired) electrons. The quantitative estimate of drug-likeness (QED) is 0.185. The molecule has 0 aliphatic heterocycles. The van der Waals surface area contributed by atoms with E-state index in [1.54, 1.807) is 11.8 Å². The van der Waals surface area contributed by atoms with Crippen molar-refractivity contribution in [2.24, 2.45) is 0 Å². The van der Waals surface area contributed by atoms with Crippen LogP contribution in [0.3, 0.4) is 0 Å². The number of benzene rings is 2. The monoisotopic (exact) mass is 462 g/mol. The smallest absolute Gasteiger partial charge is 0.251 e. The van der Waals surface area contributed by atoms with Crippen molar-refractivity contribution in [1.82, 2.24) is 9.88 Å². The molecule has 3 rings (SSSR count). The van der Waals surface area contributed by atoms with E-state index >= 15 is 0 Å². The third kappa shape index (κ3) is 7.28. The highest BCUT2D eigenvalue weighted by Gasteiger charge is 2.39. The fourth-order valence-electron chi connectivity index (χ4n) is 2.92. The largest absolute Gasteiger partial charge is 0.538 e. The maximum absolute atomic E-state index is 6.79. The molecule has 1 aromatic heterocycles. The van der Waals surface area contributed by atoms with Gasteiger partial charge in [-0.3, -0.25) is 0 Å². The number of pyridine rings is 1. The van der Waals surface area contributed by atoms with Gasteiger partial charge in [0.25, 0.3) is 8.32 Å². The van der Waals surface area contributed by atoms with Gasteiger partial charge in [-0.2, -0.15) is 0 Å². The van der Waals surface area contributed by atoms with Crippen LogP contribution in [0.4, 0.5) is 0 Å². The molecular weight excluding hydrogens is 428 g/mol. The average Bonchev–Trinajstić information content (AvgIpc) is 2.75. The van der Waals surface area contributed by atoms with Crippen molar-refractivity contribution < 1.29 is 4.43 Å². The van der Waals surface area contributed by atoms with Crippen LogP contribution in [0.1, 0.15) is 31.9 Å². The zero-order valence-corrected chi connectivity index (χ0v) is 21.6. The summed E-state index contributed by atoms with van der Waals surface area (Å²) in [7, 11) is -2.02. The van der Waals surface area contributed by atoms with Crippen LogP contribution in [0.2, 0.25) is 18.1 Å². The van der Waals surface area contributed by atoms with E-state index in [1.165, 1.54) is 11.1 Å². The summed E-state index contributed by atoms with van der Waals surface area (Å²) in [6.45, 7) is 13.0. The first kappa shape index (κ1) is 24.1. The number of hydrogen-bond acceptors (Lipinski definition) is 4. The standard InChI is InChI=1S/C27H34N2OSSi/c1-27(2,3)32(4,5)30-26(31-25-18-12-13-19-28-25)22-29(20-23-14-8-6-9-15-23)21-24-16-10-7-11-17-24/h6-19,22H,20-21H2,1-5H3/b26-22-. The number of thioether (sulfide) groups is 1. The molecule has 0 saturated carbocycles. The Morgan fingerprint density at radius 1 is 0.875 bits per heavy atom. The van der Waals surface area contributed by atoms with E-state index in [2.05, 4.69) is 111 Å². The Hall–Kier alpha value is -2.50. The lowest BCUT2D eigenvalue weighted by Gasteiger charge is -2.37. The molecule has 3 aromatic rings. The van der Waals surface area contributed by atoms with Crippen molar-refractivity contribution >= 4 is 20.1 Å². The average molecular weight is 463 g/mol. The second-order valence-corrected chi connectivity index (χ2v) is 15.2. The SMILES string of the molecule is CC(C)(C)[Si](C)(C)O/C(=C/N(Cc1ccccc1)Cc1ccccc1)Sc1ccccn1. The Morgan fingerprint density at radius 3 is 1.88 bits per heavy atom. The van der Waals surface area contributed by atoms with Gasteiger partial charge >= 0.3 is 0 Å². The van der Waals surface area contributed by atoms with Crippen LogP contribution < -0.4 is 0 Å². The summed E-state index contributed by atoms with van der Waals surface area (Å²) in [6.07, 6.45) is 4.01. The fraction of sp³-hybridized carbons (Fsp3) is 0.296. The Balaban J connectivity index is 1.94. The van der Waals surface area contributed by atoms with Gasteiger partial charge in [0.2, 0.25) is 0 Å². The summed E-state index contributed by atoms with van der Waals surface area (Å²) in [5.41, 5.74) is 2.54. The number of nitrogens with zero attached hydrogens (tertiary/aromatic N) is 2. The van der Waals surface area contributed by atoms with Crippen LogP contribution in [0.15, 0.2) is 101 Å². The van der Waals surface area contributed by atoms with E-state index in [0.717, 1.165) is 23.2 Å². The van der Waals surface area contributed by atoms with Crippen molar-refractivity contribution in [3.05, 3.63) is 107 Å². The zero-order valence-electron chi connectivity index (χ0n) is 19.8. The molecule has 0 spiro atoms. The van der Waals surface area contributed by atoms with Crippen LogP contribution in [0, 0.1) is 0 Å². The van der Waals surface area contributed by atoms with Gasteiger partial charge in [0, 0.05) is 25.5 Å². The van der Waals surface area contributed by atoms with E-state index in [9.17, 15) is 0 Å². The minimum atomic E-state index is -2.02. The summed E-state index contributed by atoms with van der Waals surface area (Å²) in [6, 6.07) is 27.2. The second-order valence-electron chi connectivity index (χ2n) is 9.46. The van der Waals surface area contributed by atoms with Crippen molar-refractivity contribution in [3.63, 3.8) is 0 Å². The van der Waals surface area contributed by atoms with Gasteiger partial charge < -0.3 is 9.33 Å².